The number of nitrogens with zero attached hydrogens (tertiary/aromatic N) is 13. The first-order chi connectivity index (χ1) is 44.4. The number of nitrogens with one attached hydrogen (secondary N) is 3. The van der Waals surface area contributed by atoms with Crippen LogP contribution in [0.15, 0.2) is 52.3 Å². The fraction of sp³-hybridized carbons (Fsp3) is 0.481. The molecule has 12 heterocycles. The zero-order chi connectivity index (χ0) is 68.9. The first kappa shape index (κ1) is 68.7. The fourth-order valence-corrected chi connectivity index (χ4v) is 11.4. The van der Waals surface area contributed by atoms with Crippen LogP contribution >= 0.6 is 0 Å². The Balaban J connectivity index is 0.000000148. The van der Waals surface area contributed by atoms with Crippen molar-refractivity contribution < 1.29 is 86.1 Å². The highest BCUT2D eigenvalue weighted by Crippen LogP contribution is 2.52. The summed E-state index contributed by atoms with van der Waals surface area (Å²) in [5, 5.41) is 79.0. The van der Waals surface area contributed by atoms with Crippen molar-refractivity contribution in [2.45, 2.75) is 111 Å². The summed E-state index contributed by atoms with van der Waals surface area (Å²) in [6.07, 6.45) is 8.08. The molecule has 0 aromatic carbocycles. The Morgan fingerprint density at radius 1 is 0.500 bits per heavy atom. The number of aromatic amines is 3. The average Bonchev–Trinajstić information content (AvgIpc) is 1.60. The van der Waals surface area contributed by atoms with E-state index in [1.54, 1.807) is 4.57 Å². The van der Waals surface area contributed by atoms with Crippen molar-refractivity contribution in [2.24, 2.45) is 23.7 Å². The maximum absolute atomic E-state index is 13.5. The molecule has 500 valence electrons. The zero-order valence-electron chi connectivity index (χ0n) is 48.7. The lowest BCUT2D eigenvalue weighted by atomic mass is 9.89. The molecule has 0 amide bonds. The molecule has 4 aliphatic rings. The molecule has 0 aliphatic carbocycles. The summed E-state index contributed by atoms with van der Waals surface area (Å²) in [7, 11) is 0. The summed E-state index contributed by atoms with van der Waals surface area (Å²) in [4.78, 5) is 77.5. The number of imidazole rings is 4. The van der Waals surface area contributed by atoms with Gasteiger partial charge in [-0.2, -0.15) is 36.3 Å². The number of nitrogen functional groups attached to an aromatic ring is 3. The van der Waals surface area contributed by atoms with Gasteiger partial charge in [0.15, 0.2) is 79.8 Å². The molecule has 0 spiro atoms. The third-order valence-corrected chi connectivity index (χ3v) is 16.4. The number of aliphatic hydroxyl groups is 8. The molecule has 16 atom stereocenters. The summed E-state index contributed by atoms with van der Waals surface area (Å²) in [6.45, 7) is 0.683. The fourth-order valence-electron chi connectivity index (χ4n) is 11.4. The number of rotatable bonds is 10. The number of halogens is 6. The van der Waals surface area contributed by atoms with Crippen LogP contribution in [0, 0.1) is 73.0 Å². The van der Waals surface area contributed by atoms with E-state index in [2.05, 4.69) is 71.6 Å². The van der Waals surface area contributed by atoms with E-state index < -0.39 is 139 Å². The lowest BCUT2D eigenvalue weighted by molar-refractivity contribution is -0.211. The molecule has 40 heteroatoms. The number of terminal acetylenes is 4. The van der Waals surface area contributed by atoms with Gasteiger partial charge in [-0.3, -0.25) is 42.6 Å². The van der Waals surface area contributed by atoms with E-state index >= 15 is 0 Å². The zero-order valence-corrected chi connectivity index (χ0v) is 48.7. The molecule has 0 bridgehead atoms. The average molecular weight is 1330 g/mol. The van der Waals surface area contributed by atoms with Gasteiger partial charge in [0.25, 0.3) is 16.7 Å². The molecule has 4 aliphatic heterocycles. The first-order valence-corrected chi connectivity index (χ1v) is 27.6. The molecule has 12 rings (SSSR count). The van der Waals surface area contributed by atoms with Crippen molar-refractivity contribution in [2.75, 3.05) is 43.6 Å². The van der Waals surface area contributed by atoms with Crippen LogP contribution in [0.2, 0.25) is 0 Å². The van der Waals surface area contributed by atoms with Gasteiger partial charge < -0.3 is 82.0 Å². The Bertz CT molecular complexity index is 4490. The van der Waals surface area contributed by atoms with E-state index in [0.717, 1.165) is 28.1 Å². The van der Waals surface area contributed by atoms with Gasteiger partial charge in [-0.05, 0) is 12.8 Å². The van der Waals surface area contributed by atoms with Gasteiger partial charge in [0.2, 0.25) is 11.9 Å². The van der Waals surface area contributed by atoms with E-state index in [-0.39, 0.29) is 68.2 Å². The lowest BCUT2D eigenvalue weighted by Crippen LogP contribution is -2.46. The van der Waals surface area contributed by atoms with Crippen LogP contribution in [-0.2, 0) is 18.9 Å². The summed E-state index contributed by atoms with van der Waals surface area (Å²) in [5.74, 6) is 2.41. The van der Waals surface area contributed by atoms with Crippen molar-refractivity contribution in [3.8, 4) is 49.4 Å². The normalized spacial score (nSPS) is 30.6. The Morgan fingerprint density at radius 3 is 1.20 bits per heavy atom. The first-order valence-electron chi connectivity index (χ1n) is 27.6. The van der Waals surface area contributed by atoms with Gasteiger partial charge in [-0.1, -0.05) is 37.5 Å². The predicted octanol–water partition coefficient (Wildman–Crippen LogP) is -2.64. The van der Waals surface area contributed by atoms with Crippen molar-refractivity contribution in [3.05, 3.63) is 69.0 Å². The van der Waals surface area contributed by atoms with Crippen molar-refractivity contribution in [1.29, 1.82) is 0 Å². The van der Waals surface area contributed by atoms with Gasteiger partial charge in [-0.25, -0.2) is 34.9 Å². The third-order valence-electron chi connectivity index (χ3n) is 16.4. The quantitative estimate of drug-likeness (QED) is 0.0491. The van der Waals surface area contributed by atoms with Crippen molar-refractivity contribution >= 4 is 62.4 Å². The number of ether oxygens (including phenoxy) is 4. The minimum absolute atomic E-state index is 0.0142. The smallest absolute Gasteiger partial charge is 0.392 e. The predicted molar refractivity (Wildman–Crippen MR) is 309 cm³/mol. The van der Waals surface area contributed by atoms with Crippen molar-refractivity contribution in [1.82, 2.24) is 78.1 Å². The minimum atomic E-state index is -4.93. The van der Waals surface area contributed by atoms with E-state index in [0.29, 0.717) is 18.5 Å². The van der Waals surface area contributed by atoms with Crippen LogP contribution in [0.25, 0.3) is 44.7 Å². The number of alkyl halides is 6. The highest BCUT2D eigenvalue weighted by molar-refractivity contribution is 5.81. The van der Waals surface area contributed by atoms with E-state index in [9.17, 15) is 81.6 Å². The Hall–Kier alpha value is -9.66. The van der Waals surface area contributed by atoms with E-state index in [4.69, 9.17) is 61.8 Å². The second kappa shape index (κ2) is 25.7. The number of nitrogens with two attached hydrogens (primary N) is 3. The number of anilines is 3. The van der Waals surface area contributed by atoms with Crippen LogP contribution in [0.5, 0.6) is 0 Å². The molecule has 94 heavy (non-hydrogen) atoms. The summed E-state index contributed by atoms with van der Waals surface area (Å²) < 4.78 is 108. The van der Waals surface area contributed by atoms with Crippen LogP contribution < -0.4 is 33.9 Å². The number of aliphatic hydroxyl groups excluding tert-OH is 8. The molecule has 34 nitrogen and oxygen atoms in total. The highest BCUT2D eigenvalue weighted by Gasteiger charge is 2.66. The summed E-state index contributed by atoms with van der Waals surface area (Å²) in [5.41, 5.74) is 7.95. The number of fused-ring (bicyclic) bond motifs is 4. The SMILES string of the molecule is C#C[C@]1(CO)O[C@@H](n2cnc3c(=O)[nH]c(N)nc32)[C@@H](C(F)(F)F)[C@@H]1O.C#C[C@]1(CO)O[C@@H](n2cnc3c(=O)[nH]c(N)nc32)[C@@H](CC)[C@@H]1O.C#C[C@]1(CO)O[C@@H](n2cnc3c(=O)[nH]cnc32)[C@@H](CC)[C@@H]1O.C#C[C@]1(CO)O[C@@H](n2cnc3c(N)ncnc32)[C@@H](C(F)(F)F)[C@@H]1O. The molecule has 4 fully saturated rings. The summed E-state index contributed by atoms with van der Waals surface area (Å²) in [6, 6.07) is 0. The minimum Gasteiger partial charge on any atom is -0.392 e. The Morgan fingerprint density at radius 2 is 0.830 bits per heavy atom. The molecular formula is C54H57F6N19O15. The number of H-pyrrole nitrogens is 3. The largest absolute Gasteiger partial charge is 0.398 e. The molecule has 8 aromatic heterocycles. The second-order valence-electron chi connectivity index (χ2n) is 21.5. The van der Waals surface area contributed by atoms with Gasteiger partial charge in [0, 0.05) is 11.8 Å². The number of hydrogen-bond donors (Lipinski definition) is 14. The van der Waals surface area contributed by atoms with E-state index in [1.807, 2.05) is 25.7 Å². The molecule has 17 N–H and O–H groups in total. The number of hydrogen-bond acceptors (Lipinski definition) is 27. The van der Waals surface area contributed by atoms with Gasteiger partial charge >= 0.3 is 12.4 Å². The lowest BCUT2D eigenvalue weighted by Gasteiger charge is -2.25. The van der Waals surface area contributed by atoms with Gasteiger partial charge in [0.05, 0.1) is 58.1 Å². The van der Waals surface area contributed by atoms with Crippen LogP contribution in [-0.4, -0.2) is 205 Å². The maximum atomic E-state index is 13.5. The van der Waals surface area contributed by atoms with Crippen molar-refractivity contribution in [3.63, 3.8) is 0 Å². The number of aromatic nitrogens is 16. The maximum Gasteiger partial charge on any atom is 0.398 e. The summed E-state index contributed by atoms with van der Waals surface area (Å²) >= 11 is 0. The molecule has 4 saturated heterocycles. The molecule has 0 unspecified atom stereocenters. The molecular weight excluding hydrogens is 1270 g/mol. The van der Waals surface area contributed by atoms with Crippen LogP contribution in [0.1, 0.15) is 51.6 Å². The van der Waals surface area contributed by atoms with Crippen LogP contribution in [0.4, 0.5) is 44.1 Å². The standard InChI is InChI=1S/C14H17N5O4.C14H16N4O4.C13H12F3N5O4.C13H12F3N5O3/c1-3-7-9(21)14(4-2,5-20)23-12(7)19-6-16-8-10(19)17-13(15)18-11(8)22;1-3-8-10(20)14(4-2,5-19)22-13(8)18-7-17-9-11(18)15-6-16-12(9)21;1-2-12(3-22)7(23)5(13(14,15)16)10(25-12)21-4-18-6-8(21)19-11(17)20-9(6)24;1-2-12(3-22)8(23)6(13(14,15)16)11(24-12)21-5-20-7-9(17)18-4-19-10(7)21/h2,6-7,9,12,20-21H,3,5H2,1H3,(H3,15,17,18,22);2,6-8,10,13,19-20H,3,5H2,1H3,(H,15,16,21);1,4-5,7,10,22-23H,3H2,(H3,17,19,20,24);1,4-6,8,11,22-23H,3H2,(H2,17,18,19)/t7-,9-,12+,14+;8-,10-,13+,14+;5-,7-,10+,12+;6-,8-,11+,12+/m0000/s1. The third kappa shape index (κ3) is 11.4. The van der Waals surface area contributed by atoms with E-state index in [1.165, 1.54) is 23.5 Å². The van der Waals surface area contributed by atoms with Gasteiger partial charge in [-0.15, -0.1) is 25.7 Å². The van der Waals surface area contributed by atoms with Gasteiger partial charge in [0.1, 0.15) is 60.6 Å². The highest BCUT2D eigenvalue weighted by atomic mass is 19.4. The topological polar surface area (TPSA) is 511 Å². The second-order valence-corrected chi connectivity index (χ2v) is 21.5. The Kier molecular flexibility index (Phi) is 18.8. The molecule has 0 radical (unpaired) electrons. The van der Waals surface area contributed by atoms with Crippen LogP contribution in [0.3, 0.4) is 0 Å². The molecule has 0 saturated carbocycles. The monoisotopic (exact) mass is 1330 g/mol. The Labute approximate surface area is 521 Å². The molecule has 8 aromatic rings.